The van der Waals surface area contributed by atoms with Gasteiger partial charge in [-0.05, 0) is 37.1 Å². The number of aromatic nitrogens is 2. The molecule has 1 aromatic carbocycles. The molecule has 5 heteroatoms. The summed E-state index contributed by atoms with van der Waals surface area (Å²) in [7, 11) is 0. The number of benzene rings is 1. The molecule has 1 aliphatic rings. The van der Waals surface area contributed by atoms with Crippen LogP contribution < -0.4 is 10.6 Å². The monoisotopic (exact) mass is 284 g/mol. The van der Waals surface area contributed by atoms with E-state index in [1.807, 2.05) is 36.5 Å². The first-order valence-corrected chi connectivity index (χ1v) is 7.40. The highest BCUT2D eigenvalue weighted by molar-refractivity contribution is 5.78. The number of nitrogens with zero attached hydrogens (tertiary/aromatic N) is 2. The first-order chi connectivity index (χ1) is 10.3. The maximum absolute atomic E-state index is 12.1. The molecule has 1 atom stereocenters. The Hall–Kier alpha value is -2.14. The summed E-state index contributed by atoms with van der Waals surface area (Å²) < 4.78 is 1.80. The summed E-state index contributed by atoms with van der Waals surface area (Å²) in [5.41, 5.74) is 1.93. The molecule has 1 aliphatic heterocycles. The highest BCUT2D eigenvalue weighted by Gasteiger charge is 2.15. The molecular weight excluding hydrogens is 264 g/mol. The van der Waals surface area contributed by atoms with Crippen LogP contribution in [0.1, 0.15) is 18.4 Å². The summed E-state index contributed by atoms with van der Waals surface area (Å²) in [5, 5.41) is 10.7. The van der Waals surface area contributed by atoms with E-state index in [0.717, 1.165) is 37.2 Å². The van der Waals surface area contributed by atoms with Gasteiger partial charge in [0.25, 0.3) is 0 Å². The van der Waals surface area contributed by atoms with Crippen molar-refractivity contribution in [3.8, 4) is 5.69 Å². The first kappa shape index (κ1) is 13.8. The van der Waals surface area contributed by atoms with E-state index in [0.29, 0.717) is 6.42 Å². The van der Waals surface area contributed by atoms with Crippen LogP contribution in [0.25, 0.3) is 5.69 Å². The normalized spacial score (nSPS) is 18.4. The maximum atomic E-state index is 12.1. The molecule has 110 valence electrons. The smallest absolute Gasteiger partial charge is 0.224 e. The van der Waals surface area contributed by atoms with Crippen molar-refractivity contribution in [3.05, 3.63) is 48.3 Å². The van der Waals surface area contributed by atoms with Crippen molar-refractivity contribution < 1.29 is 4.79 Å². The highest BCUT2D eigenvalue weighted by Crippen LogP contribution is 2.08. The zero-order valence-electron chi connectivity index (χ0n) is 12.0. The Kier molecular flexibility index (Phi) is 4.31. The van der Waals surface area contributed by atoms with Crippen LogP contribution in [0.5, 0.6) is 0 Å². The number of para-hydroxylation sites is 1. The van der Waals surface area contributed by atoms with Crippen LogP contribution in [0.3, 0.4) is 0 Å². The van der Waals surface area contributed by atoms with E-state index >= 15 is 0 Å². The third kappa shape index (κ3) is 3.70. The maximum Gasteiger partial charge on any atom is 0.224 e. The van der Waals surface area contributed by atoms with Crippen LogP contribution in [-0.4, -0.2) is 34.8 Å². The standard InChI is InChI=1S/C16H20N4O/c21-16(19-14-5-4-8-17-11-14)9-13-10-18-20(12-13)15-6-2-1-3-7-15/h1-3,6-7,10,12,14,17H,4-5,8-9,11H2,(H,19,21). The summed E-state index contributed by atoms with van der Waals surface area (Å²) >= 11 is 0. The molecule has 0 aliphatic carbocycles. The van der Waals surface area contributed by atoms with Gasteiger partial charge in [0.15, 0.2) is 0 Å². The zero-order valence-corrected chi connectivity index (χ0v) is 12.0. The second kappa shape index (κ2) is 6.54. The number of amides is 1. The SMILES string of the molecule is O=C(Cc1cnn(-c2ccccc2)c1)NC1CCCNC1. The fourth-order valence-electron chi connectivity index (χ4n) is 2.61. The fraction of sp³-hybridized carbons (Fsp3) is 0.375. The van der Waals surface area contributed by atoms with E-state index in [1.165, 1.54) is 0 Å². The van der Waals surface area contributed by atoms with Crippen molar-refractivity contribution in [3.63, 3.8) is 0 Å². The molecular formula is C16H20N4O. The number of nitrogens with one attached hydrogen (secondary N) is 2. The van der Waals surface area contributed by atoms with E-state index in [2.05, 4.69) is 15.7 Å². The van der Waals surface area contributed by atoms with Gasteiger partial charge in [0.05, 0.1) is 18.3 Å². The Labute approximate surface area is 124 Å². The van der Waals surface area contributed by atoms with Gasteiger partial charge in [0, 0.05) is 18.8 Å². The molecule has 1 saturated heterocycles. The molecule has 21 heavy (non-hydrogen) atoms. The van der Waals surface area contributed by atoms with Crippen LogP contribution in [0.4, 0.5) is 0 Å². The van der Waals surface area contributed by atoms with Gasteiger partial charge in [-0.15, -0.1) is 0 Å². The molecule has 0 bridgehead atoms. The lowest BCUT2D eigenvalue weighted by Crippen LogP contribution is -2.46. The Morgan fingerprint density at radius 1 is 1.38 bits per heavy atom. The number of carbonyl (C=O) groups excluding carboxylic acids is 1. The van der Waals surface area contributed by atoms with Gasteiger partial charge in [-0.2, -0.15) is 5.10 Å². The Morgan fingerprint density at radius 3 is 3.00 bits per heavy atom. The van der Waals surface area contributed by atoms with Crippen LogP contribution in [-0.2, 0) is 11.2 Å². The van der Waals surface area contributed by atoms with Crippen molar-refractivity contribution in [1.29, 1.82) is 0 Å². The van der Waals surface area contributed by atoms with Crippen LogP contribution in [0.15, 0.2) is 42.7 Å². The van der Waals surface area contributed by atoms with Gasteiger partial charge < -0.3 is 10.6 Å². The van der Waals surface area contributed by atoms with Crippen molar-refractivity contribution in [2.75, 3.05) is 13.1 Å². The van der Waals surface area contributed by atoms with Crippen molar-refractivity contribution in [2.24, 2.45) is 0 Å². The Morgan fingerprint density at radius 2 is 2.24 bits per heavy atom. The quantitative estimate of drug-likeness (QED) is 0.889. The number of piperidine rings is 1. The minimum atomic E-state index is 0.0660. The van der Waals surface area contributed by atoms with Gasteiger partial charge in [0.2, 0.25) is 5.91 Å². The molecule has 1 aromatic heterocycles. The van der Waals surface area contributed by atoms with Gasteiger partial charge >= 0.3 is 0 Å². The van der Waals surface area contributed by atoms with E-state index in [4.69, 9.17) is 0 Å². The number of hydrogen-bond acceptors (Lipinski definition) is 3. The molecule has 0 radical (unpaired) electrons. The topological polar surface area (TPSA) is 59.0 Å². The lowest BCUT2D eigenvalue weighted by atomic mass is 10.1. The van der Waals surface area contributed by atoms with Crippen LogP contribution in [0, 0.1) is 0 Å². The van der Waals surface area contributed by atoms with Gasteiger partial charge in [0.1, 0.15) is 0 Å². The fourth-order valence-corrected chi connectivity index (χ4v) is 2.61. The number of hydrogen-bond donors (Lipinski definition) is 2. The second-order valence-electron chi connectivity index (χ2n) is 5.42. The Bertz CT molecular complexity index is 587. The lowest BCUT2D eigenvalue weighted by Gasteiger charge is -2.23. The second-order valence-corrected chi connectivity index (χ2v) is 5.42. The molecule has 2 aromatic rings. The largest absolute Gasteiger partial charge is 0.352 e. The highest BCUT2D eigenvalue weighted by atomic mass is 16.1. The van der Waals surface area contributed by atoms with Gasteiger partial charge in [-0.1, -0.05) is 18.2 Å². The summed E-state index contributed by atoms with van der Waals surface area (Å²) in [5.74, 6) is 0.0660. The average Bonchev–Trinajstić information content (AvgIpc) is 2.97. The minimum Gasteiger partial charge on any atom is -0.352 e. The molecule has 1 unspecified atom stereocenters. The summed E-state index contributed by atoms with van der Waals surface area (Å²) in [4.78, 5) is 12.1. The van der Waals surface area contributed by atoms with Gasteiger partial charge in [-0.3, -0.25) is 4.79 Å². The van der Waals surface area contributed by atoms with Crippen LogP contribution in [0.2, 0.25) is 0 Å². The van der Waals surface area contributed by atoms with Gasteiger partial charge in [-0.25, -0.2) is 4.68 Å². The van der Waals surface area contributed by atoms with Crippen molar-refractivity contribution in [1.82, 2.24) is 20.4 Å². The summed E-state index contributed by atoms with van der Waals surface area (Å²) in [6.07, 6.45) is 6.22. The van der Waals surface area contributed by atoms with Crippen LogP contribution >= 0.6 is 0 Å². The predicted octanol–water partition coefficient (Wildman–Crippen LogP) is 1.28. The molecule has 1 amide bonds. The Balaban J connectivity index is 1.58. The number of carbonyl (C=O) groups is 1. The predicted molar refractivity (Wildman–Crippen MR) is 81.3 cm³/mol. The minimum absolute atomic E-state index is 0.0660. The lowest BCUT2D eigenvalue weighted by molar-refractivity contribution is -0.121. The molecule has 0 saturated carbocycles. The zero-order chi connectivity index (χ0) is 14.5. The molecule has 0 spiro atoms. The molecule has 1 fully saturated rings. The number of rotatable bonds is 4. The first-order valence-electron chi connectivity index (χ1n) is 7.40. The van der Waals surface area contributed by atoms with E-state index < -0.39 is 0 Å². The van der Waals surface area contributed by atoms with E-state index in [1.54, 1.807) is 10.9 Å². The summed E-state index contributed by atoms with van der Waals surface area (Å²) in [6.45, 7) is 1.92. The van der Waals surface area contributed by atoms with Crippen molar-refractivity contribution >= 4 is 5.91 Å². The van der Waals surface area contributed by atoms with E-state index in [-0.39, 0.29) is 11.9 Å². The molecule has 3 rings (SSSR count). The molecule has 2 N–H and O–H groups in total. The molecule has 2 heterocycles. The van der Waals surface area contributed by atoms with E-state index in [9.17, 15) is 4.79 Å². The third-order valence-corrected chi connectivity index (χ3v) is 3.68. The third-order valence-electron chi connectivity index (χ3n) is 3.68. The summed E-state index contributed by atoms with van der Waals surface area (Å²) in [6, 6.07) is 10.2. The van der Waals surface area contributed by atoms with Crippen molar-refractivity contribution in [2.45, 2.75) is 25.3 Å². The molecule has 5 nitrogen and oxygen atoms in total. The average molecular weight is 284 g/mol.